The van der Waals surface area contributed by atoms with Crippen molar-refractivity contribution in [2.45, 2.75) is 18.7 Å². The third-order valence-corrected chi connectivity index (χ3v) is 6.32. The van der Waals surface area contributed by atoms with Crippen LogP contribution in [0, 0.1) is 13.8 Å². The third kappa shape index (κ3) is 4.48. The van der Waals surface area contributed by atoms with Crippen LogP contribution in [0.25, 0.3) is 4.72 Å². The molecule has 0 atom stereocenters. The monoisotopic (exact) mass is 387 g/mol. The van der Waals surface area contributed by atoms with Gasteiger partial charge in [0.05, 0.1) is 38.1 Å². The Kier molecular flexibility index (Phi) is 5.53. The van der Waals surface area contributed by atoms with Crippen LogP contribution in [0.4, 0.5) is 5.69 Å². The van der Waals surface area contributed by atoms with E-state index in [0.29, 0.717) is 29.9 Å². The molecule has 144 valence electrons. The maximum Gasteiger partial charge on any atom is 0.254 e. The molecule has 0 radical (unpaired) electrons. The predicted molar refractivity (Wildman–Crippen MR) is 105 cm³/mol. The van der Waals surface area contributed by atoms with Crippen molar-refractivity contribution in [2.75, 3.05) is 33.2 Å². The topological polar surface area (TPSA) is 73.0 Å². The van der Waals surface area contributed by atoms with Gasteiger partial charge in [-0.3, -0.25) is 4.79 Å². The summed E-state index contributed by atoms with van der Waals surface area (Å²) in [6.45, 7) is 6.78. The summed E-state index contributed by atoms with van der Waals surface area (Å²) >= 11 is 0. The van der Waals surface area contributed by atoms with Crippen LogP contribution in [-0.2, 0) is 10.0 Å². The molecule has 7 heteroatoms. The lowest BCUT2D eigenvalue weighted by atomic mass is 10.1. The second-order valence-corrected chi connectivity index (χ2v) is 8.70. The Morgan fingerprint density at radius 1 is 1.04 bits per heavy atom. The average molecular weight is 388 g/mol. The number of rotatable bonds is 4. The molecule has 3 rings (SSSR count). The molecule has 1 fully saturated rings. The van der Waals surface area contributed by atoms with Crippen molar-refractivity contribution in [3.8, 4) is 0 Å². The minimum atomic E-state index is -3.90. The number of carbonyl (C=O) groups excluding carboxylic acids is 1. The zero-order valence-corrected chi connectivity index (χ0v) is 16.7. The zero-order valence-electron chi connectivity index (χ0n) is 15.9. The average Bonchev–Trinajstić information content (AvgIpc) is 2.64. The van der Waals surface area contributed by atoms with Gasteiger partial charge in [-0.15, -0.1) is 5.69 Å². The van der Waals surface area contributed by atoms with Gasteiger partial charge in [0.2, 0.25) is 0 Å². The maximum absolute atomic E-state index is 12.8. The second kappa shape index (κ2) is 7.70. The number of piperazine rings is 1. The van der Waals surface area contributed by atoms with E-state index in [9.17, 15) is 13.2 Å². The molecule has 1 N–H and O–H groups in total. The maximum atomic E-state index is 12.8. The van der Waals surface area contributed by atoms with Crippen molar-refractivity contribution in [3.05, 3.63) is 63.9 Å². The molecule has 0 unspecified atom stereocenters. The molecule has 1 amide bonds. The summed E-state index contributed by atoms with van der Waals surface area (Å²) in [5.41, 5.74) is 2.37. The first-order valence-corrected chi connectivity index (χ1v) is 10.5. The van der Waals surface area contributed by atoms with E-state index >= 15 is 0 Å². The Bertz CT molecular complexity index is 931. The highest BCUT2D eigenvalue weighted by molar-refractivity contribution is 7.94. The first-order valence-electron chi connectivity index (χ1n) is 9.02. The first-order chi connectivity index (χ1) is 12.8. The molecule has 0 bridgehead atoms. The highest BCUT2D eigenvalue weighted by Gasteiger charge is 2.23. The van der Waals surface area contributed by atoms with Crippen molar-refractivity contribution in [3.63, 3.8) is 0 Å². The number of amides is 1. The van der Waals surface area contributed by atoms with E-state index < -0.39 is 10.0 Å². The molecule has 0 aliphatic carbocycles. The standard InChI is InChI=1S/C20H24N3O3S/c1-15-4-8-18(9-5-15)21-27(25,26)19-14-17(7-6-16(19)2)20(24)23-12-10-22(3)11-13-23/h4-9,14H,10-13H2,1-3H3/q-1/p+1. The van der Waals surface area contributed by atoms with Crippen LogP contribution in [0.2, 0.25) is 0 Å². The summed E-state index contributed by atoms with van der Waals surface area (Å²) in [4.78, 5) is 16.0. The van der Waals surface area contributed by atoms with Gasteiger partial charge in [0.1, 0.15) is 10.0 Å². The third-order valence-electron chi connectivity index (χ3n) is 4.88. The number of nitrogens with zero attached hydrogens (tertiary/aromatic N) is 2. The molecular weight excluding hydrogens is 362 g/mol. The molecule has 6 nitrogen and oxygen atoms in total. The Hall–Kier alpha value is -2.38. The highest BCUT2D eigenvalue weighted by Crippen LogP contribution is 2.30. The number of hydrogen-bond acceptors (Lipinski definition) is 3. The number of aryl methyl sites for hydroxylation is 2. The smallest absolute Gasteiger partial charge is 0.254 e. The normalized spacial score (nSPS) is 15.6. The highest BCUT2D eigenvalue weighted by atomic mass is 32.2. The molecule has 27 heavy (non-hydrogen) atoms. The van der Waals surface area contributed by atoms with Gasteiger partial charge in [-0.1, -0.05) is 35.9 Å². The van der Waals surface area contributed by atoms with Gasteiger partial charge in [0.25, 0.3) is 5.91 Å². The zero-order chi connectivity index (χ0) is 19.6. The van der Waals surface area contributed by atoms with Crippen LogP contribution in [0.3, 0.4) is 0 Å². The summed E-state index contributed by atoms with van der Waals surface area (Å²) in [7, 11) is -1.80. The number of sulfonamides is 1. The van der Waals surface area contributed by atoms with E-state index in [1.807, 2.05) is 19.1 Å². The lowest BCUT2D eigenvalue weighted by molar-refractivity contribution is -0.883. The van der Waals surface area contributed by atoms with Gasteiger partial charge < -0.3 is 14.5 Å². The van der Waals surface area contributed by atoms with Crippen LogP contribution in [0.1, 0.15) is 21.5 Å². The Morgan fingerprint density at radius 3 is 2.30 bits per heavy atom. The van der Waals surface area contributed by atoms with Crippen LogP contribution in [0.5, 0.6) is 0 Å². The lowest BCUT2D eigenvalue weighted by Crippen LogP contribution is -3.12. The first kappa shape index (κ1) is 19.4. The minimum Gasteiger partial charge on any atom is -0.573 e. The second-order valence-electron chi connectivity index (χ2n) is 7.13. The largest absolute Gasteiger partial charge is 0.573 e. The molecule has 1 aliphatic heterocycles. The molecule has 0 aromatic heterocycles. The number of quaternary nitrogens is 1. The summed E-state index contributed by atoms with van der Waals surface area (Å²) < 4.78 is 29.5. The molecule has 2 aromatic rings. The molecular formula is C20H25N3O3S. The summed E-state index contributed by atoms with van der Waals surface area (Å²) in [6.07, 6.45) is 0. The Labute approximate surface area is 160 Å². The van der Waals surface area contributed by atoms with Crippen molar-refractivity contribution in [1.29, 1.82) is 0 Å². The van der Waals surface area contributed by atoms with Crippen LogP contribution in [0.15, 0.2) is 47.4 Å². The van der Waals surface area contributed by atoms with E-state index in [1.54, 1.807) is 36.1 Å². The fourth-order valence-corrected chi connectivity index (χ4v) is 4.33. The minimum absolute atomic E-state index is 0.0775. The number of carbonyl (C=O) groups is 1. The van der Waals surface area contributed by atoms with Crippen LogP contribution < -0.4 is 4.90 Å². The molecule has 1 heterocycles. The molecule has 0 saturated carbocycles. The van der Waals surface area contributed by atoms with Crippen molar-refractivity contribution < 1.29 is 18.1 Å². The fraction of sp³-hybridized carbons (Fsp3) is 0.350. The van der Waals surface area contributed by atoms with Gasteiger partial charge in [-0.05, 0) is 31.5 Å². The van der Waals surface area contributed by atoms with E-state index in [2.05, 4.69) is 11.8 Å². The van der Waals surface area contributed by atoms with E-state index in [0.717, 1.165) is 18.7 Å². The molecule has 1 saturated heterocycles. The predicted octanol–water partition coefficient (Wildman–Crippen LogP) is 1.67. The Balaban J connectivity index is 1.86. The quantitative estimate of drug-likeness (QED) is 0.867. The van der Waals surface area contributed by atoms with Gasteiger partial charge in [-0.2, -0.15) is 0 Å². The van der Waals surface area contributed by atoms with Crippen molar-refractivity contribution >= 4 is 21.6 Å². The van der Waals surface area contributed by atoms with Gasteiger partial charge in [-0.25, -0.2) is 8.42 Å². The van der Waals surface area contributed by atoms with E-state index in [-0.39, 0.29) is 10.8 Å². The van der Waals surface area contributed by atoms with Crippen LogP contribution in [-0.4, -0.2) is 52.5 Å². The Morgan fingerprint density at radius 2 is 1.67 bits per heavy atom. The molecule has 2 aromatic carbocycles. The summed E-state index contributed by atoms with van der Waals surface area (Å²) in [5, 5.41) is 0. The van der Waals surface area contributed by atoms with Gasteiger partial charge in [0.15, 0.2) is 0 Å². The summed E-state index contributed by atoms with van der Waals surface area (Å²) in [6, 6.07) is 11.8. The number of nitrogens with one attached hydrogen (secondary N) is 1. The molecule has 0 spiro atoms. The number of likely N-dealkylation sites (N-methyl/N-ethyl adjacent to an activating group) is 1. The van der Waals surface area contributed by atoms with E-state index in [1.165, 1.54) is 11.0 Å². The number of hydrogen-bond donors (Lipinski definition) is 1. The lowest BCUT2D eigenvalue weighted by Gasteiger charge is -2.30. The number of benzene rings is 2. The molecule has 1 aliphatic rings. The van der Waals surface area contributed by atoms with Crippen molar-refractivity contribution in [1.82, 2.24) is 4.90 Å². The van der Waals surface area contributed by atoms with Gasteiger partial charge >= 0.3 is 0 Å². The summed E-state index contributed by atoms with van der Waals surface area (Å²) in [5.74, 6) is -0.130. The van der Waals surface area contributed by atoms with Crippen molar-refractivity contribution in [2.24, 2.45) is 0 Å². The fourth-order valence-electron chi connectivity index (χ4n) is 3.08. The van der Waals surface area contributed by atoms with E-state index in [4.69, 9.17) is 0 Å². The van der Waals surface area contributed by atoms with Gasteiger partial charge in [0, 0.05) is 5.56 Å². The SMILES string of the molecule is Cc1ccc([N-]S(=O)(=O)c2cc(C(=O)N3CC[NH+](C)CC3)ccc2C)cc1. The van der Waals surface area contributed by atoms with Crippen LogP contribution >= 0.6 is 0 Å².